The van der Waals surface area contributed by atoms with E-state index in [1.807, 2.05) is 6.92 Å². The van der Waals surface area contributed by atoms with Crippen LogP contribution in [-0.2, 0) is 20.2 Å². The lowest BCUT2D eigenvalue weighted by molar-refractivity contribution is 0.466. The van der Waals surface area contributed by atoms with E-state index in [1.165, 1.54) is 7.05 Å². The first kappa shape index (κ1) is 19.3. The topological polar surface area (TPSA) is 95.6 Å². The Hall–Kier alpha value is -1.00. The van der Waals surface area contributed by atoms with Gasteiger partial charge in [0.15, 0.2) is 0 Å². The maximum absolute atomic E-state index is 12.4. The van der Waals surface area contributed by atoms with Gasteiger partial charge >= 0.3 is 0 Å². The van der Waals surface area contributed by atoms with Crippen LogP contribution in [0.2, 0.25) is 0 Å². The van der Waals surface area contributed by atoms with Gasteiger partial charge in [0.2, 0.25) is 10.0 Å². The highest BCUT2D eigenvalue weighted by molar-refractivity contribution is 7.89. The van der Waals surface area contributed by atoms with Crippen molar-refractivity contribution in [3.8, 4) is 0 Å². The minimum atomic E-state index is -3.62. The van der Waals surface area contributed by atoms with Crippen LogP contribution in [0.15, 0.2) is 29.2 Å². The number of rotatable bonds is 8. The molecule has 0 saturated heterocycles. The summed E-state index contributed by atoms with van der Waals surface area (Å²) in [7, 11) is -5.78. The van der Waals surface area contributed by atoms with Gasteiger partial charge in [0.05, 0.1) is 4.90 Å². The van der Waals surface area contributed by atoms with Crippen LogP contribution in [0.4, 0.5) is 0 Å². The molecule has 1 fully saturated rings. The molecule has 1 aromatic carbocycles. The summed E-state index contributed by atoms with van der Waals surface area (Å²) in [6, 6.07) is 6.54. The van der Waals surface area contributed by atoms with E-state index in [9.17, 15) is 16.8 Å². The summed E-state index contributed by atoms with van der Waals surface area (Å²) in [4.78, 5) is 0.197. The molecule has 0 spiro atoms. The number of hydrogen-bond acceptors (Lipinski definition) is 4. The first-order chi connectivity index (χ1) is 11.2. The summed E-state index contributed by atoms with van der Waals surface area (Å²) in [6.45, 7) is 1.96. The van der Waals surface area contributed by atoms with Gasteiger partial charge in [-0.05, 0) is 31.9 Å². The number of aryl methyl sites for hydroxylation is 1. The third-order valence-corrected chi connectivity index (χ3v) is 7.22. The van der Waals surface area contributed by atoms with Crippen molar-refractivity contribution in [3.63, 3.8) is 0 Å². The standard InChI is InChI=1S/C15H25N3O4S2/c1-13-7-9-15(10-8-13)23(19,20)18(2)12-11-16-24(21,22)17-14-5-3-4-6-14/h7-10,14,16-17H,3-6,11-12H2,1-2H3. The Kier molecular flexibility index (Phi) is 6.38. The molecule has 7 nitrogen and oxygen atoms in total. The van der Waals surface area contributed by atoms with Crippen molar-refractivity contribution in [3.05, 3.63) is 29.8 Å². The SMILES string of the molecule is Cc1ccc(S(=O)(=O)N(C)CCNS(=O)(=O)NC2CCCC2)cc1. The van der Waals surface area contributed by atoms with Crippen LogP contribution in [0.1, 0.15) is 31.2 Å². The molecule has 0 amide bonds. The molecular weight excluding hydrogens is 350 g/mol. The fraction of sp³-hybridized carbons (Fsp3) is 0.600. The van der Waals surface area contributed by atoms with Crippen molar-refractivity contribution >= 4 is 20.2 Å². The fourth-order valence-electron chi connectivity index (χ4n) is 2.65. The van der Waals surface area contributed by atoms with E-state index in [0.717, 1.165) is 35.6 Å². The summed E-state index contributed by atoms with van der Waals surface area (Å²) < 4.78 is 54.8. The number of likely N-dealkylation sites (N-methyl/N-ethyl adjacent to an activating group) is 1. The average molecular weight is 376 g/mol. The lowest BCUT2D eigenvalue weighted by Crippen LogP contribution is -2.44. The second-order valence-corrected chi connectivity index (χ2v) is 9.71. The van der Waals surface area contributed by atoms with Crippen molar-refractivity contribution < 1.29 is 16.8 Å². The van der Waals surface area contributed by atoms with Crippen molar-refractivity contribution in [1.82, 2.24) is 13.7 Å². The van der Waals surface area contributed by atoms with Crippen LogP contribution in [-0.4, -0.2) is 47.3 Å². The van der Waals surface area contributed by atoms with Gasteiger partial charge < -0.3 is 0 Å². The number of nitrogens with zero attached hydrogens (tertiary/aromatic N) is 1. The molecule has 2 N–H and O–H groups in total. The summed E-state index contributed by atoms with van der Waals surface area (Å²) in [6.07, 6.45) is 3.76. The molecule has 0 radical (unpaired) electrons. The fourth-order valence-corrected chi connectivity index (χ4v) is 4.94. The normalized spacial score (nSPS) is 16.8. The minimum Gasteiger partial charge on any atom is -0.207 e. The van der Waals surface area contributed by atoms with Crippen LogP contribution in [0.25, 0.3) is 0 Å². The number of benzene rings is 1. The summed E-state index contributed by atoms with van der Waals surface area (Å²) in [5.41, 5.74) is 0.974. The Morgan fingerprint density at radius 3 is 2.25 bits per heavy atom. The van der Waals surface area contributed by atoms with Gasteiger partial charge in [0, 0.05) is 26.2 Å². The molecular formula is C15H25N3O4S2. The predicted molar refractivity (Wildman–Crippen MR) is 93.3 cm³/mol. The van der Waals surface area contributed by atoms with Gasteiger partial charge in [-0.2, -0.15) is 17.4 Å². The molecule has 0 aliphatic heterocycles. The molecule has 0 bridgehead atoms. The van der Waals surface area contributed by atoms with E-state index in [2.05, 4.69) is 9.44 Å². The quantitative estimate of drug-likeness (QED) is 0.708. The number of hydrogen-bond donors (Lipinski definition) is 2. The molecule has 0 heterocycles. The monoisotopic (exact) mass is 375 g/mol. The Bertz CT molecular complexity index is 739. The third kappa shape index (κ3) is 5.25. The van der Waals surface area contributed by atoms with Gasteiger partial charge in [-0.1, -0.05) is 30.5 Å². The van der Waals surface area contributed by atoms with Gasteiger partial charge in [0.25, 0.3) is 10.2 Å². The highest BCUT2D eigenvalue weighted by Crippen LogP contribution is 2.18. The maximum Gasteiger partial charge on any atom is 0.277 e. The molecule has 9 heteroatoms. The lowest BCUT2D eigenvalue weighted by Gasteiger charge is -2.18. The second-order valence-electron chi connectivity index (χ2n) is 6.14. The molecule has 2 rings (SSSR count). The molecule has 1 aromatic rings. The van der Waals surface area contributed by atoms with Crippen molar-refractivity contribution in [2.24, 2.45) is 0 Å². The first-order valence-corrected chi connectivity index (χ1v) is 10.9. The summed E-state index contributed by atoms with van der Waals surface area (Å²) >= 11 is 0. The molecule has 1 aliphatic carbocycles. The van der Waals surface area contributed by atoms with E-state index in [0.29, 0.717) is 0 Å². The number of nitrogens with one attached hydrogen (secondary N) is 2. The van der Waals surface area contributed by atoms with Crippen LogP contribution in [0.5, 0.6) is 0 Å². The highest BCUT2D eigenvalue weighted by atomic mass is 32.2. The summed E-state index contributed by atoms with van der Waals surface area (Å²) in [5.74, 6) is 0. The van der Waals surface area contributed by atoms with E-state index in [4.69, 9.17) is 0 Å². The maximum atomic E-state index is 12.4. The van der Waals surface area contributed by atoms with Gasteiger partial charge in [-0.15, -0.1) is 0 Å². The number of sulfonamides is 1. The zero-order valence-corrected chi connectivity index (χ0v) is 15.7. The Labute approximate surface area is 144 Å². The molecule has 1 aliphatic rings. The van der Waals surface area contributed by atoms with Gasteiger partial charge in [-0.25, -0.2) is 13.1 Å². The van der Waals surface area contributed by atoms with Crippen molar-refractivity contribution in [2.45, 2.75) is 43.5 Å². The van der Waals surface area contributed by atoms with E-state index < -0.39 is 20.2 Å². The van der Waals surface area contributed by atoms with E-state index in [1.54, 1.807) is 24.3 Å². The van der Waals surface area contributed by atoms with Gasteiger partial charge in [-0.3, -0.25) is 0 Å². The first-order valence-electron chi connectivity index (χ1n) is 8.01. The Balaban J connectivity index is 1.87. The van der Waals surface area contributed by atoms with Gasteiger partial charge in [0.1, 0.15) is 0 Å². The minimum absolute atomic E-state index is 0.0171. The lowest BCUT2D eigenvalue weighted by atomic mass is 10.2. The smallest absolute Gasteiger partial charge is 0.207 e. The molecule has 0 unspecified atom stereocenters. The molecule has 0 aromatic heterocycles. The Morgan fingerprint density at radius 1 is 1.08 bits per heavy atom. The van der Waals surface area contributed by atoms with Crippen LogP contribution in [0.3, 0.4) is 0 Å². The van der Waals surface area contributed by atoms with E-state index >= 15 is 0 Å². The average Bonchev–Trinajstić information content (AvgIpc) is 2.99. The predicted octanol–water partition coefficient (Wildman–Crippen LogP) is 0.982. The van der Waals surface area contributed by atoms with Crippen molar-refractivity contribution in [1.29, 1.82) is 0 Å². The molecule has 136 valence electrons. The zero-order chi connectivity index (χ0) is 17.8. The van der Waals surface area contributed by atoms with E-state index in [-0.39, 0.29) is 24.0 Å². The largest absolute Gasteiger partial charge is 0.277 e. The Morgan fingerprint density at radius 2 is 1.67 bits per heavy atom. The molecule has 24 heavy (non-hydrogen) atoms. The molecule has 1 saturated carbocycles. The third-order valence-electron chi connectivity index (χ3n) is 4.12. The second kappa shape index (κ2) is 7.92. The van der Waals surface area contributed by atoms with Crippen LogP contribution >= 0.6 is 0 Å². The van der Waals surface area contributed by atoms with Crippen molar-refractivity contribution in [2.75, 3.05) is 20.1 Å². The van der Waals surface area contributed by atoms with Crippen LogP contribution < -0.4 is 9.44 Å². The highest BCUT2D eigenvalue weighted by Gasteiger charge is 2.23. The molecule has 0 atom stereocenters. The summed E-state index contributed by atoms with van der Waals surface area (Å²) in [5, 5.41) is 0. The van der Waals surface area contributed by atoms with Crippen LogP contribution in [0, 0.1) is 6.92 Å². The zero-order valence-electron chi connectivity index (χ0n) is 14.0.